The van der Waals surface area contributed by atoms with Crippen LogP contribution >= 0.6 is 0 Å². The number of rotatable bonds is 8. The van der Waals surface area contributed by atoms with Crippen molar-refractivity contribution in [3.63, 3.8) is 0 Å². The third kappa shape index (κ3) is 5.55. The first-order valence-corrected chi connectivity index (χ1v) is 10.6. The van der Waals surface area contributed by atoms with Gasteiger partial charge in [0.1, 0.15) is 12.4 Å². The fourth-order valence-electron chi connectivity index (χ4n) is 3.47. The van der Waals surface area contributed by atoms with E-state index in [0.717, 1.165) is 11.1 Å². The van der Waals surface area contributed by atoms with Crippen molar-refractivity contribution in [2.75, 3.05) is 7.11 Å². The lowest BCUT2D eigenvalue weighted by Crippen LogP contribution is -2.34. The van der Waals surface area contributed by atoms with Gasteiger partial charge in [0, 0.05) is 12.2 Å². The summed E-state index contributed by atoms with van der Waals surface area (Å²) in [5.74, 6) is 0.0734. The highest BCUT2D eigenvalue weighted by atomic mass is 16.5. The monoisotopic (exact) mass is 435 g/mol. The Morgan fingerprint density at radius 2 is 1.59 bits per heavy atom. The van der Waals surface area contributed by atoms with Gasteiger partial charge in [-0.1, -0.05) is 74.5 Å². The van der Waals surface area contributed by atoms with E-state index in [9.17, 15) is 9.59 Å². The molecule has 0 saturated carbocycles. The zero-order chi connectivity index (χ0) is 23.1. The molecule has 1 aromatic heterocycles. The van der Waals surface area contributed by atoms with Gasteiger partial charge >= 0.3 is 12.1 Å². The lowest BCUT2D eigenvalue weighted by Gasteiger charge is -2.23. The van der Waals surface area contributed by atoms with Gasteiger partial charge in [-0.15, -0.1) is 0 Å². The molecule has 32 heavy (non-hydrogen) atoms. The molecule has 0 saturated heterocycles. The molecule has 1 amide bonds. The van der Waals surface area contributed by atoms with Crippen molar-refractivity contribution in [3.05, 3.63) is 89.0 Å². The Bertz CT molecular complexity index is 1050. The average molecular weight is 436 g/mol. The molecule has 1 heterocycles. The van der Waals surface area contributed by atoms with E-state index in [1.165, 1.54) is 7.11 Å². The number of hydrogen-bond donors (Lipinski definition) is 1. The van der Waals surface area contributed by atoms with Gasteiger partial charge in [-0.05, 0) is 24.0 Å². The van der Waals surface area contributed by atoms with E-state index < -0.39 is 18.1 Å². The minimum absolute atomic E-state index is 0.00101. The molecule has 0 bridgehead atoms. The Morgan fingerprint density at radius 1 is 1.00 bits per heavy atom. The predicted molar refractivity (Wildman–Crippen MR) is 121 cm³/mol. The maximum absolute atomic E-state index is 12.6. The fraction of sp³-hybridized carbons (Fsp3) is 0.320. The number of benzene rings is 2. The van der Waals surface area contributed by atoms with Crippen molar-refractivity contribution >= 4 is 12.1 Å². The summed E-state index contributed by atoms with van der Waals surface area (Å²) >= 11 is 0. The smallest absolute Gasteiger partial charge is 0.408 e. The molecule has 0 aliphatic heterocycles. The minimum atomic E-state index is -0.543. The van der Waals surface area contributed by atoms with Gasteiger partial charge < -0.3 is 19.4 Å². The van der Waals surface area contributed by atoms with Crippen LogP contribution in [-0.4, -0.2) is 28.7 Å². The quantitative estimate of drug-likeness (QED) is 0.521. The number of nitrogens with one attached hydrogen (secondary N) is 1. The molecule has 1 unspecified atom stereocenters. The second-order valence-corrected chi connectivity index (χ2v) is 7.90. The maximum atomic E-state index is 12.6. The normalized spacial score (nSPS) is 11.8. The van der Waals surface area contributed by atoms with Crippen LogP contribution in [0.2, 0.25) is 0 Å². The van der Waals surface area contributed by atoms with E-state index in [2.05, 4.69) is 10.3 Å². The van der Waals surface area contributed by atoms with E-state index in [4.69, 9.17) is 9.47 Å². The minimum Gasteiger partial charge on any atom is -0.464 e. The molecule has 0 radical (unpaired) electrons. The Morgan fingerprint density at radius 3 is 2.16 bits per heavy atom. The van der Waals surface area contributed by atoms with Crippen molar-refractivity contribution in [3.8, 4) is 0 Å². The van der Waals surface area contributed by atoms with Gasteiger partial charge in [0.2, 0.25) is 0 Å². The highest BCUT2D eigenvalue weighted by Gasteiger charge is 2.29. The lowest BCUT2D eigenvalue weighted by molar-refractivity contribution is 0.0593. The number of imidazole rings is 1. The summed E-state index contributed by atoms with van der Waals surface area (Å²) < 4.78 is 12.3. The molecule has 1 N–H and O–H groups in total. The highest BCUT2D eigenvalue weighted by molar-refractivity contribution is 5.88. The number of carbonyl (C=O) groups is 2. The molecule has 0 aliphatic carbocycles. The van der Waals surface area contributed by atoms with Crippen molar-refractivity contribution in [2.24, 2.45) is 5.92 Å². The topological polar surface area (TPSA) is 82.4 Å². The number of esters is 1. The molecule has 0 aliphatic rings. The summed E-state index contributed by atoms with van der Waals surface area (Å²) in [7, 11) is 1.33. The van der Waals surface area contributed by atoms with Crippen LogP contribution in [0.4, 0.5) is 4.79 Å². The molecule has 2 aromatic carbocycles. The van der Waals surface area contributed by atoms with Crippen molar-refractivity contribution < 1.29 is 19.1 Å². The predicted octanol–water partition coefficient (Wildman–Crippen LogP) is 4.65. The van der Waals surface area contributed by atoms with Gasteiger partial charge in [-0.2, -0.15) is 0 Å². The Hall–Kier alpha value is -3.61. The van der Waals surface area contributed by atoms with E-state index in [0.29, 0.717) is 18.1 Å². The number of aromatic nitrogens is 2. The van der Waals surface area contributed by atoms with Crippen LogP contribution < -0.4 is 5.32 Å². The summed E-state index contributed by atoms with van der Waals surface area (Å²) in [4.78, 5) is 29.5. The first kappa shape index (κ1) is 23.1. The van der Waals surface area contributed by atoms with Crippen LogP contribution in [0.15, 0.2) is 60.7 Å². The van der Waals surface area contributed by atoms with Crippen LogP contribution in [0.1, 0.15) is 53.0 Å². The number of carbonyl (C=O) groups excluding carboxylic acids is 2. The summed E-state index contributed by atoms with van der Waals surface area (Å²) in [5, 5.41) is 2.93. The second kappa shape index (κ2) is 10.6. The summed E-state index contributed by atoms with van der Waals surface area (Å²) in [6.45, 7) is 6.48. The van der Waals surface area contributed by atoms with Crippen molar-refractivity contribution in [2.45, 2.75) is 40.0 Å². The molecule has 0 spiro atoms. The van der Waals surface area contributed by atoms with Crippen LogP contribution in [0.25, 0.3) is 0 Å². The number of nitrogens with zero attached hydrogens (tertiary/aromatic N) is 2. The Balaban J connectivity index is 1.88. The SMILES string of the molecule is COC(=O)c1nc(C(NC(=O)OCc2ccccc2)C(C)C)n(Cc2ccccc2)c1C. The highest BCUT2D eigenvalue weighted by Crippen LogP contribution is 2.26. The first-order chi connectivity index (χ1) is 15.4. The summed E-state index contributed by atoms with van der Waals surface area (Å²) in [6, 6.07) is 18.9. The average Bonchev–Trinajstić information content (AvgIpc) is 3.12. The third-order valence-electron chi connectivity index (χ3n) is 5.24. The molecular formula is C25H29N3O4. The van der Waals surface area contributed by atoms with Crippen LogP contribution in [0, 0.1) is 12.8 Å². The lowest BCUT2D eigenvalue weighted by atomic mass is 10.0. The number of hydrogen-bond acceptors (Lipinski definition) is 5. The van der Waals surface area contributed by atoms with E-state index in [-0.39, 0.29) is 18.2 Å². The molecular weight excluding hydrogens is 406 g/mol. The number of alkyl carbamates (subject to hydrolysis) is 1. The van der Waals surface area contributed by atoms with E-state index in [1.54, 1.807) is 0 Å². The van der Waals surface area contributed by atoms with Gasteiger partial charge in [0.05, 0.1) is 13.2 Å². The van der Waals surface area contributed by atoms with Crippen LogP contribution in [0.3, 0.4) is 0 Å². The zero-order valence-corrected chi connectivity index (χ0v) is 18.9. The molecule has 1 atom stereocenters. The van der Waals surface area contributed by atoms with Crippen molar-refractivity contribution in [1.29, 1.82) is 0 Å². The maximum Gasteiger partial charge on any atom is 0.408 e. The van der Waals surface area contributed by atoms with E-state index >= 15 is 0 Å². The fourth-order valence-corrected chi connectivity index (χ4v) is 3.47. The summed E-state index contributed by atoms with van der Waals surface area (Å²) in [5.41, 5.74) is 2.88. The number of methoxy groups -OCH3 is 1. The Kier molecular flexibility index (Phi) is 7.65. The second-order valence-electron chi connectivity index (χ2n) is 7.90. The molecule has 0 fully saturated rings. The molecule has 7 nitrogen and oxygen atoms in total. The zero-order valence-electron chi connectivity index (χ0n) is 18.9. The van der Waals surface area contributed by atoms with Gasteiger partial charge in [-0.3, -0.25) is 0 Å². The largest absolute Gasteiger partial charge is 0.464 e. The molecule has 3 aromatic rings. The molecule has 168 valence electrons. The number of amides is 1. The third-order valence-corrected chi connectivity index (χ3v) is 5.24. The van der Waals surface area contributed by atoms with Gasteiger partial charge in [-0.25, -0.2) is 14.6 Å². The molecule has 7 heteroatoms. The van der Waals surface area contributed by atoms with Gasteiger partial charge in [0.25, 0.3) is 0 Å². The number of ether oxygens (including phenoxy) is 2. The van der Waals surface area contributed by atoms with Crippen LogP contribution in [-0.2, 0) is 22.6 Å². The standard InChI is InChI=1S/C25H29N3O4/c1-17(2)21(27-25(30)32-16-20-13-9-6-10-14-20)23-26-22(24(29)31-4)18(3)28(23)15-19-11-7-5-8-12-19/h5-14,17,21H,15-16H2,1-4H3,(H,27,30). The van der Waals surface area contributed by atoms with Crippen LogP contribution in [0.5, 0.6) is 0 Å². The first-order valence-electron chi connectivity index (χ1n) is 10.6. The van der Waals surface area contributed by atoms with Gasteiger partial charge in [0.15, 0.2) is 5.69 Å². The van der Waals surface area contributed by atoms with Crippen molar-refractivity contribution in [1.82, 2.24) is 14.9 Å². The Labute approximate surface area is 188 Å². The molecule has 3 rings (SSSR count). The van der Waals surface area contributed by atoms with E-state index in [1.807, 2.05) is 86.0 Å². The summed E-state index contributed by atoms with van der Waals surface area (Å²) in [6.07, 6.45) is -0.543.